The lowest BCUT2D eigenvalue weighted by atomic mass is 9.98. The molecule has 0 aliphatic heterocycles. The molecule has 380 valence electrons. The summed E-state index contributed by atoms with van der Waals surface area (Å²) in [6.07, 6.45) is -0.519. The maximum Gasteiger partial charge on any atom is 0.326 e. The Balaban J connectivity index is 2.41. The van der Waals surface area contributed by atoms with E-state index in [1.54, 1.807) is 74.5 Å². The van der Waals surface area contributed by atoms with Crippen molar-refractivity contribution in [1.82, 2.24) is 37.2 Å². The molecule has 0 aromatic heterocycles. The summed E-state index contributed by atoms with van der Waals surface area (Å²) in [5, 5.41) is 45.4. The van der Waals surface area contributed by atoms with Crippen LogP contribution in [-0.2, 0) is 60.8 Å². The van der Waals surface area contributed by atoms with Gasteiger partial charge in [-0.1, -0.05) is 94.8 Å². The lowest BCUT2D eigenvalue weighted by Crippen LogP contribution is -2.61. The Labute approximate surface area is 401 Å². The molecular formula is C47H69N9O13. The van der Waals surface area contributed by atoms with Crippen molar-refractivity contribution < 1.29 is 63.3 Å². The molecule has 22 heteroatoms. The summed E-state index contributed by atoms with van der Waals surface area (Å²) in [6.45, 7) is 8.77. The fraction of sp³-hybridized carbons (Fsp3) is 0.532. The lowest BCUT2D eigenvalue weighted by Gasteiger charge is -2.29. The van der Waals surface area contributed by atoms with Crippen LogP contribution in [0.4, 0.5) is 0 Å². The number of hydrogen-bond donors (Lipinski definition) is 12. The number of aliphatic carboxylic acids is 3. The maximum atomic E-state index is 14.4. The highest BCUT2D eigenvalue weighted by Crippen LogP contribution is 2.12. The Bertz CT molecular complexity index is 2060. The minimum Gasteiger partial charge on any atom is -0.481 e. The first-order valence-electron chi connectivity index (χ1n) is 22.8. The Morgan fingerprint density at radius 2 is 0.971 bits per heavy atom. The van der Waals surface area contributed by atoms with Crippen LogP contribution in [0.1, 0.15) is 90.7 Å². The van der Waals surface area contributed by atoms with Crippen molar-refractivity contribution in [3.63, 3.8) is 0 Å². The maximum absolute atomic E-state index is 14.4. The van der Waals surface area contributed by atoms with E-state index in [9.17, 15) is 58.2 Å². The molecule has 7 amide bonds. The molecule has 2 aromatic carbocycles. The van der Waals surface area contributed by atoms with E-state index in [1.807, 2.05) is 19.2 Å². The summed E-state index contributed by atoms with van der Waals surface area (Å²) in [6, 6.07) is 6.26. The number of carboxylic acids is 3. The number of carbonyl (C=O) groups excluding carboxylic acids is 7. The molecule has 0 aliphatic rings. The molecule has 0 aliphatic carbocycles. The molecule has 0 fully saturated rings. The van der Waals surface area contributed by atoms with E-state index < -0.39 is 133 Å². The van der Waals surface area contributed by atoms with Crippen molar-refractivity contribution in [3.8, 4) is 0 Å². The Morgan fingerprint density at radius 1 is 0.507 bits per heavy atom. The molecular weight excluding hydrogens is 899 g/mol. The van der Waals surface area contributed by atoms with Crippen molar-refractivity contribution in [2.45, 2.75) is 141 Å². The smallest absolute Gasteiger partial charge is 0.326 e. The van der Waals surface area contributed by atoms with Gasteiger partial charge < -0.3 is 64.0 Å². The second-order valence-corrected chi connectivity index (χ2v) is 17.5. The van der Waals surface area contributed by atoms with Gasteiger partial charge in [0.05, 0.1) is 12.5 Å². The monoisotopic (exact) mass is 968 g/mol. The van der Waals surface area contributed by atoms with E-state index in [1.165, 1.54) is 6.92 Å². The summed E-state index contributed by atoms with van der Waals surface area (Å²) < 4.78 is 0. The standard InChI is InChI=1S/C47H69N9O13/c1-26(2)22-33(52-41(62)31(49)18-12-13-21-48)45(66)56-39(27(3)4)46(67)54-35(24-30-16-10-7-11-17-30)44(65)53-34(23-29-14-8-6-9-15-29)43(64)50-28(5)40(61)51-32(19-20-37(57)58)42(63)55-36(47(68)69)25-38(59)60/h6-11,14-17,26-28,31-36,39H,12-13,18-25,48-49H2,1-5H3,(H,50,64)(H,51,61)(H,52,62)(H,53,65)(H,54,67)(H,55,63)(H,56,66)(H,57,58)(H,59,60)(H,68,69)/t28-,31+,32-,33-,34-,35-,36-,39-/m0/s1. The van der Waals surface area contributed by atoms with Gasteiger partial charge in [0.25, 0.3) is 0 Å². The molecule has 0 bridgehead atoms. The van der Waals surface area contributed by atoms with Crippen LogP contribution in [0.15, 0.2) is 60.7 Å². The minimum atomic E-state index is -1.91. The number of nitrogens with two attached hydrogens (primary N) is 2. The van der Waals surface area contributed by atoms with Crippen LogP contribution in [0.25, 0.3) is 0 Å². The molecule has 0 unspecified atom stereocenters. The molecule has 69 heavy (non-hydrogen) atoms. The molecule has 14 N–H and O–H groups in total. The van der Waals surface area contributed by atoms with Crippen molar-refractivity contribution in [1.29, 1.82) is 0 Å². The van der Waals surface area contributed by atoms with E-state index in [0.717, 1.165) is 0 Å². The first-order chi connectivity index (χ1) is 32.5. The minimum absolute atomic E-state index is 0.0455. The number of benzene rings is 2. The summed E-state index contributed by atoms with van der Waals surface area (Å²) in [5.74, 6) is -11.0. The zero-order valence-corrected chi connectivity index (χ0v) is 39.7. The summed E-state index contributed by atoms with van der Waals surface area (Å²) in [5.41, 5.74) is 12.9. The molecule has 0 spiro atoms. The average Bonchev–Trinajstić information content (AvgIpc) is 3.28. The summed E-state index contributed by atoms with van der Waals surface area (Å²) >= 11 is 0. The van der Waals surface area contributed by atoms with Crippen LogP contribution in [0.5, 0.6) is 0 Å². The van der Waals surface area contributed by atoms with Gasteiger partial charge in [-0.25, -0.2) is 4.79 Å². The highest BCUT2D eigenvalue weighted by molar-refractivity contribution is 5.98. The third-order valence-corrected chi connectivity index (χ3v) is 10.7. The van der Waals surface area contributed by atoms with Crippen LogP contribution in [-0.4, -0.2) is 129 Å². The van der Waals surface area contributed by atoms with Crippen molar-refractivity contribution in [2.24, 2.45) is 23.3 Å². The van der Waals surface area contributed by atoms with Crippen LogP contribution in [0.3, 0.4) is 0 Å². The zero-order chi connectivity index (χ0) is 51.8. The molecule has 8 atom stereocenters. The van der Waals surface area contributed by atoms with Gasteiger partial charge in [0.1, 0.15) is 42.3 Å². The third kappa shape index (κ3) is 21.7. The number of rotatable bonds is 31. The van der Waals surface area contributed by atoms with Crippen molar-refractivity contribution >= 4 is 59.3 Å². The lowest BCUT2D eigenvalue weighted by molar-refractivity contribution is -0.147. The molecule has 0 saturated heterocycles. The van der Waals surface area contributed by atoms with Crippen molar-refractivity contribution in [3.05, 3.63) is 71.8 Å². The Morgan fingerprint density at radius 3 is 1.45 bits per heavy atom. The van der Waals surface area contributed by atoms with Gasteiger partial charge in [-0.2, -0.15) is 0 Å². The van der Waals surface area contributed by atoms with Gasteiger partial charge in [-0.3, -0.25) is 43.2 Å². The zero-order valence-electron chi connectivity index (χ0n) is 39.7. The van der Waals surface area contributed by atoms with Crippen LogP contribution < -0.4 is 48.7 Å². The van der Waals surface area contributed by atoms with Gasteiger partial charge in [0, 0.05) is 19.3 Å². The molecule has 0 saturated carbocycles. The number of nitrogens with one attached hydrogen (secondary N) is 7. The van der Waals surface area contributed by atoms with Gasteiger partial charge in [-0.05, 0) is 62.1 Å². The number of amides is 7. The summed E-state index contributed by atoms with van der Waals surface area (Å²) in [7, 11) is 0. The predicted molar refractivity (Wildman–Crippen MR) is 251 cm³/mol. The highest BCUT2D eigenvalue weighted by Gasteiger charge is 2.35. The van der Waals surface area contributed by atoms with Gasteiger partial charge >= 0.3 is 17.9 Å². The van der Waals surface area contributed by atoms with E-state index in [-0.39, 0.29) is 25.2 Å². The second kappa shape index (κ2) is 29.7. The van der Waals surface area contributed by atoms with Gasteiger partial charge in [0.2, 0.25) is 41.4 Å². The van der Waals surface area contributed by atoms with Gasteiger partial charge in [-0.15, -0.1) is 0 Å². The highest BCUT2D eigenvalue weighted by atomic mass is 16.4. The fourth-order valence-corrected chi connectivity index (χ4v) is 6.92. The summed E-state index contributed by atoms with van der Waals surface area (Å²) in [4.78, 5) is 130. The second-order valence-electron chi connectivity index (χ2n) is 17.5. The van der Waals surface area contributed by atoms with Crippen molar-refractivity contribution in [2.75, 3.05) is 6.54 Å². The molecule has 0 heterocycles. The number of carboxylic acid groups (broad SMARTS) is 3. The number of hydrogen-bond acceptors (Lipinski definition) is 12. The molecule has 2 aromatic rings. The molecule has 2 rings (SSSR count). The predicted octanol–water partition coefficient (Wildman–Crippen LogP) is -0.532. The Hall–Kier alpha value is -6.94. The normalized spacial score (nSPS) is 14.6. The largest absolute Gasteiger partial charge is 0.481 e. The number of unbranched alkanes of at least 4 members (excludes halogenated alkanes) is 1. The Kier molecular flexibility index (Phi) is 25.1. The molecule has 0 radical (unpaired) electrons. The fourth-order valence-electron chi connectivity index (χ4n) is 6.92. The topological polar surface area (TPSA) is 368 Å². The average molecular weight is 968 g/mol. The number of carbonyl (C=O) groups is 10. The quantitative estimate of drug-likeness (QED) is 0.0423. The van der Waals surface area contributed by atoms with Crippen LogP contribution in [0.2, 0.25) is 0 Å². The van der Waals surface area contributed by atoms with E-state index in [0.29, 0.717) is 36.9 Å². The van der Waals surface area contributed by atoms with Crippen LogP contribution >= 0.6 is 0 Å². The van der Waals surface area contributed by atoms with Gasteiger partial charge in [0.15, 0.2) is 0 Å². The first-order valence-corrected chi connectivity index (χ1v) is 22.8. The molecule has 22 nitrogen and oxygen atoms in total. The van der Waals surface area contributed by atoms with E-state index >= 15 is 0 Å². The SMILES string of the molecule is CC(C)C[C@H](NC(=O)[C@H](N)CCCCN)C(=O)N[C@H](C(=O)N[C@@H](Cc1ccccc1)C(=O)N[C@@H](Cc1ccccc1)C(=O)N[C@@H](C)C(=O)N[C@@H](CCC(=O)O)C(=O)N[C@@H](CC(=O)O)C(=O)O)C(C)C. The third-order valence-electron chi connectivity index (χ3n) is 10.7. The van der Waals surface area contributed by atoms with E-state index in [2.05, 4.69) is 31.9 Å². The van der Waals surface area contributed by atoms with Crippen LogP contribution in [0, 0.1) is 11.8 Å². The van der Waals surface area contributed by atoms with E-state index in [4.69, 9.17) is 16.6 Å². The first kappa shape index (κ1) is 58.2.